The summed E-state index contributed by atoms with van der Waals surface area (Å²) in [6.45, 7) is 0. The van der Waals surface area contributed by atoms with Crippen LogP contribution in [0.4, 0.5) is 0 Å². The molecule has 1 heterocycles. The van der Waals surface area contributed by atoms with Crippen LogP contribution >= 0.6 is 0 Å². The Balaban J connectivity index is 3.06. The van der Waals surface area contributed by atoms with Gasteiger partial charge in [-0.15, -0.1) is 0 Å². The lowest BCUT2D eigenvalue weighted by Gasteiger charge is -1.98. The molecule has 0 aliphatic heterocycles. The summed E-state index contributed by atoms with van der Waals surface area (Å²) in [5, 5.41) is 17.4. The number of carboxylic acids is 1. The highest BCUT2D eigenvalue weighted by molar-refractivity contribution is 5.89. The number of aldehydes is 1. The van der Waals surface area contributed by atoms with Gasteiger partial charge in [-0.25, -0.2) is 4.79 Å². The number of rotatable bonds is 3. The maximum Gasteiger partial charge on any atom is 0.339 e. The van der Waals surface area contributed by atoms with Crippen LogP contribution < -0.4 is 0 Å². The standard InChI is InChI=1S/C7H6O5/c8-3-5(9)6-4(7(10)11)1-2-12-6/h1-3,5,9H,(H,10,11). The maximum absolute atomic E-state index is 10.4. The first-order chi connectivity index (χ1) is 5.66. The topological polar surface area (TPSA) is 87.7 Å². The Morgan fingerprint density at radius 2 is 2.33 bits per heavy atom. The molecule has 1 rings (SSSR count). The Labute approximate surface area is 67.2 Å². The molecule has 1 atom stereocenters. The van der Waals surface area contributed by atoms with Gasteiger partial charge in [-0.3, -0.25) is 4.79 Å². The van der Waals surface area contributed by atoms with Crippen molar-refractivity contribution in [3.05, 3.63) is 23.7 Å². The van der Waals surface area contributed by atoms with Gasteiger partial charge in [-0.2, -0.15) is 0 Å². The van der Waals surface area contributed by atoms with Crippen molar-refractivity contribution in [2.75, 3.05) is 0 Å². The van der Waals surface area contributed by atoms with Gasteiger partial charge < -0.3 is 14.6 Å². The second-order valence-electron chi connectivity index (χ2n) is 2.08. The van der Waals surface area contributed by atoms with Crippen molar-refractivity contribution < 1.29 is 24.2 Å². The van der Waals surface area contributed by atoms with E-state index in [1.807, 2.05) is 0 Å². The Morgan fingerprint density at radius 1 is 1.67 bits per heavy atom. The van der Waals surface area contributed by atoms with Crippen molar-refractivity contribution in [1.29, 1.82) is 0 Å². The molecule has 0 bridgehead atoms. The Kier molecular flexibility index (Phi) is 2.25. The predicted octanol–water partition coefficient (Wildman–Crippen LogP) is 0.210. The van der Waals surface area contributed by atoms with E-state index in [0.29, 0.717) is 0 Å². The van der Waals surface area contributed by atoms with E-state index in [2.05, 4.69) is 4.42 Å². The van der Waals surface area contributed by atoms with Crippen LogP contribution in [-0.2, 0) is 4.79 Å². The minimum absolute atomic E-state index is 0.199. The van der Waals surface area contributed by atoms with Crippen LogP contribution in [0.5, 0.6) is 0 Å². The van der Waals surface area contributed by atoms with Crippen molar-refractivity contribution in [3.63, 3.8) is 0 Å². The zero-order valence-electron chi connectivity index (χ0n) is 5.93. The molecule has 0 aromatic carbocycles. The lowest BCUT2D eigenvalue weighted by atomic mass is 10.2. The molecule has 5 heteroatoms. The zero-order valence-corrected chi connectivity index (χ0v) is 5.93. The van der Waals surface area contributed by atoms with Crippen molar-refractivity contribution in [2.45, 2.75) is 6.10 Å². The number of aliphatic hydroxyl groups is 1. The summed E-state index contributed by atoms with van der Waals surface area (Å²) >= 11 is 0. The van der Waals surface area contributed by atoms with Crippen LogP contribution in [0.3, 0.4) is 0 Å². The van der Waals surface area contributed by atoms with Gasteiger partial charge in [0.05, 0.1) is 6.26 Å². The molecule has 64 valence electrons. The van der Waals surface area contributed by atoms with Crippen LogP contribution in [-0.4, -0.2) is 22.5 Å². The van der Waals surface area contributed by atoms with Crippen molar-refractivity contribution >= 4 is 12.3 Å². The number of hydrogen-bond donors (Lipinski definition) is 2. The summed E-state index contributed by atoms with van der Waals surface area (Å²) in [7, 11) is 0. The number of furan rings is 1. The maximum atomic E-state index is 10.4. The molecule has 0 radical (unpaired) electrons. The molecule has 1 aromatic heterocycles. The van der Waals surface area contributed by atoms with Crippen LogP contribution in [0.1, 0.15) is 22.2 Å². The van der Waals surface area contributed by atoms with Crippen LogP contribution in [0, 0.1) is 0 Å². The predicted molar refractivity (Wildman–Crippen MR) is 36.7 cm³/mol. The number of aromatic carboxylic acids is 1. The molecule has 0 spiro atoms. The van der Waals surface area contributed by atoms with Gasteiger partial charge in [-0.1, -0.05) is 0 Å². The van der Waals surface area contributed by atoms with Crippen LogP contribution in [0.2, 0.25) is 0 Å². The minimum atomic E-state index is -1.51. The van der Waals surface area contributed by atoms with Crippen LogP contribution in [0.25, 0.3) is 0 Å². The van der Waals surface area contributed by atoms with Gasteiger partial charge in [0.2, 0.25) is 0 Å². The Morgan fingerprint density at radius 3 is 2.83 bits per heavy atom. The third-order valence-corrected chi connectivity index (χ3v) is 1.32. The molecule has 0 saturated carbocycles. The van der Waals surface area contributed by atoms with Crippen molar-refractivity contribution in [1.82, 2.24) is 0 Å². The number of carbonyl (C=O) groups is 2. The molecule has 5 nitrogen and oxygen atoms in total. The normalized spacial score (nSPS) is 12.4. The van der Waals surface area contributed by atoms with E-state index in [-0.39, 0.29) is 17.6 Å². The van der Waals surface area contributed by atoms with Gasteiger partial charge in [0.15, 0.2) is 18.2 Å². The molecule has 1 unspecified atom stereocenters. The van der Waals surface area contributed by atoms with Gasteiger partial charge >= 0.3 is 5.97 Å². The Bertz CT molecular complexity index is 301. The first-order valence-electron chi connectivity index (χ1n) is 3.11. The van der Waals surface area contributed by atoms with E-state index >= 15 is 0 Å². The molecule has 1 aromatic rings. The summed E-state index contributed by atoms with van der Waals surface area (Å²) in [6.07, 6.45) is -0.206. The highest BCUT2D eigenvalue weighted by atomic mass is 16.4. The number of aliphatic hydroxyl groups excluding tert-OH is 1. The van der Waals surface area contributed by atoms with Crippen molar-refractivity contribution in [2.24, 2.45) is 0 Å². The second kappa shape index (κ2) is 3.19. The molecule has 0 saturated heterocycles. The third-order valence-electron chi connectivity index (χ3n) is 1.32. The highest BCUT2D eigenvalue weighted by Crippen LogP contribution is 2.17. The van der Waals surface area contributed by atoms with Gasteiger partial charge in [0, 0.05) is 0 Å². The SMILES string of the molecule is O=CC(O)c1occc1C(=O)O. The fourth-order valence-electron chi connectivity index (χ4n) is 0.788. The molecule has 0 amide bonds. The molecule has 2 N–H and O–H groups in total. The average molecular weight is 170 g/mol. The Hall–Kier alpha value is -1.62. The van der Waals surface area contributed by atoms with E-state index in [9.17, 15) is 9.59 Å². The van der Waals surface area contributed by atoms with Gasteiger partial charge in [-0.05, 0) is 6.07 Å². The van der Waals surface area contributed by atoms with E-state index in [4.69, 9.17) is 10.2 Å². The third kappa shape index (κ3) is 1.35. The van der Waals surface area contributed by atoms with E-state index < -0.39 is 12.1 Å². The highest BCUT2D eigenvalue weighted by Gasteiger charge is 2.19. The number of carbonyl (C=O) groups excluding carboxylic acids is 1. The monoisotopic (exact) mass is 170 g/mol. The van der Waals surface area contributed by atoms with E-state index in [0.717, 1.165) is 6.26 Å². The second-order valence-corrected chi connectivity index (χ2v) is 2.08. The van der Waals surface area contributed by atoms with Gasteiger partial charge in [0.1, 0.15) is 5.56 Å². The molecular weight excluding hydrogens is 164 g/mol. The average Bonchev–Trinajstić information content (AvgIpc) is 2.50. The smallest absolute Gasteiger partial charge is 0.339 e. The van der Waals surface area contributed by atoms with Crippen LogP contribution in [0.15, 0.2) is 16.7 Å². The summed E-state index contributed by atoms with van der Waals surface area (Å²) in [5.74, 6) is -1.47. The number of hydrogen-bond acceptors (Lipinski definition) is 4. The van der Waals surface area contributed by atoms with Crippen molar-refractivity contribution in [3.8, 4) is 0 Å². The fraction of sp³-hybridized carbons (Fsp3) is 0.143. The summed E-state index contributed by atoms with van der Waals surface area (Å²) in [5.41, 5.74) is -0.199. The first-order valence-corrected chi connectivity index (χ1v) is 3.11. The summed E-state index contributed by atoms with van der Waals surface area (Å²) < 4.78 is 4.62. The molecule has 0 fully saturated rings. The number of carboxylic acid groups (broad SMARTS) is 1. The largest absolute Gasteiger partial charge is 0.478 e. The summed E-state index contributed by atoms with van der Waals surface area (Å²) in [6, 6.07) is 1.17. The van der Waals surface area contributed by atoms with E-state index in [1.165, 1.54) is 6.07 Å². The minimum Gasteiger partial charge on any atom is -0.478 e. The molecule has 12 heavy (non-hydrogen) atoms. The first kappa shape index (κ1) is 8.48. The van der Waals surface area contributed by atoms with E-state index in [1.54, 1.807) is 0 Å². The molecule has 0 aliphatic carbocycles. The lowest BCUT2D eigenvalue weighted by Crippen LogP contribution is -2.04. The van der Waals surface area contributed by atoms with Gasteiger partial charge in [0.25, 0.3) is 0 Å². The summed E-state index contributed by atoms with van der Waals surface area (Å²) in [4.78, 5) is 20.5. The zero-order chi connectivity index (χ0) is 9.14. The molecular formula is C7H6O5. The fourth-order valence-corrected chi connectivity index (χ4v) is 0.788. The lowest BCUT2D eigenvalue weighted by molar-refractivity contribution is -0.115. The quantitative estimate of drug-likeness (QED) is 0.633. The molecule has 0 aliphatic rings.